The Morgan fingerprint density at radius 3 is 2.07 bits per heavy atom. The van der Waals surface area contributed by atoms with E-state index >= 15 is 0 Å². The maximum atomic E-state index is 12.5. The summed E-state index contributed by atoms with van der Waals surface area (Å²) >= 11 is 0. The number of nitrogens with one attached hydrogen (secondary N) is 1. The Balaban J connectivity index is 1.58. The molecule has 3 nitrogen and oxygen atoms in total. The van der Waals surface area contributed by atoms with Gasteiger partial charge in [0.25, 0.3) is 0 Å². The monoisotopic (exact) mass is 384 g/mol. The minimum absolute atomic E-state index is 0.471. The van der Waals surface area contributed by atoms with E-state index in [9.17, 15) is 13.2 Å². The van der Waals surface area contributed by atoms with Crippen LogP contribution in [0, 0.1) is 13.8 Å². The fourth-order valence-electron chi connectivity index (χ4n) is 2.45. The second kappa shape index (κ2) is 8.17. The van der Waals surface area contributed by atoms with Crippen molar-refractivity contribution in [3.05, 3.63) is 89.0 Å². The lowest BCUT2D eigenvalue weighted by molar-refractivity contribution is -0.137. The van der Waals surface area contributed by atoms with Crippen LogP contribution in [0.4, 0.5) is 18.9 Å². The number of ether oxygens (including phenoxy) is 1. The van der Waals surface area contributed by atoms with Gasteiger partial charge in [-0.1, -0.05) is 6.07 Å². The Bertz CT molecular complexity index is 963. The van der Waals surface area contributed by atoms with E-state index in [2.05, 4.69) is 10.5 Å². The summed E-state index contributed by atoms with van der Waals surface area (Å²) in [4.78, 5) is 0. The highest BCUT2D eigenvalue weighted by Gasteiger charge is 2.29. The molecule has 0 heterocycles. The van der Waals surface area contributed by atoms with E-state index in [1.165, 1.54) is 17.7 Å². The van der Waals surface area contributed by atoms with Gasteiger partial charge in [0.15, 0.2) is 0 Å². The summed E-state index contributed by atoms with van der Waals surface area (Å²) < 4.78 is 43.5. The first-order chi connectivity index (χ1) is 13.3. The molecule has 0 saturated carbocycles. The van der Waals surface area contributed by atoms with E-state index in [4.69, 9.17) is 4.74 Å². The average Bonchev–Trinajstić information content (AvgIpc) is 2.66. The van der Waals surface area contributed by atoms with Gasteiger partial charge in [0.2, 0.25) is 0 Å². The van der Waals surface area contributed by atoms with Crippen LogP contribution < -0.4 is 10.2 Å². The van der Waals surface area contributed by atoms with Crippen molar-refractivity contribution in [1.82, 2.24) is 0 Å². The molecule has 0 atom stereocenters. The Hall–Kier alpha value is -3.28. The van der Waals surface area contributed by atoms with Crippen molar-refractivity contribution < 1.29 is 17.9 Å². The smallest absolute Gasteiger partial charge is 0.416 e. The highest BCUT2D eigenvalue weighted by Crippen LogP contribution is 2.29. The van der Waals surface area contributed by atoms with E-state index in [1.807, 2.05) is 56.3 Å². The van der Waals surface area contributed by atoms with Gasteiger partial charge in [0, 0.05) is 0 Å². The molecule has 3 aromatic rings. The largest absolute Gasteiger partial charge is 0.457 e. The Morgan fingerprint density at radius 1 is 0.821 bits per heavy atom. The predicted octanol–water partition coefficient (Wildman–Crippen LogP) is 6.56. The second-order valence-corrected chi connectivity index (χ2v) is 6.36. The third-order valence-electron chi connectivity index (χ3n) is 4.21. The Kier molecular flexibility index (Phi) is 5.68. The maximum Gasteiger partial charge on any atom is 0.416 e. The summed E-state index contributed by atoms with van der Waals surface area (Å²) in [5.74, 6) is 1.48. The zero-order valence-electron chi connectivity index (χ0n) is 15.4. The molecular weight excluding hydrogens is 365 g/mol. The number of alkyl halides is 3. The molecule has 3 rings (SSSR count). The van der Waals surface area contributed by atoms with E-state index in [0.717, 1.165) is 29.0 Å². The lowest BCUT2D eigenvalue weighted by Crippen LogP contribution is -2.04. The number of rotatable bonds is 5. The van der Waals surface area contributed by atoms with Crippen molar-refractivity contribution in [3.8, 4) is 11.5 Å². The van der Waals surface area contributed by atoms with Gasteiger partial charge in [-0.05, 0) is 91.2 Å². The normalized spacial score (nSPS) is 11.6. The third kappa shape index (κ3) is 5.13. The summed E-state index contributed by atoms with van der Waals surface area (Å²) in [7, 11) is 0. The van der Waals surface area contributed by atoms with Crippen LogP contribution in [0.1, 0.15) is 22.3 Å². The molecule has 1 N–H and O–H groups in total. The van der Waals surface area contributed by atoms with Crippen LogP contribution >= 0.6 is 0 Å². The SMILES string of the molecule is Cc1ccc(Oc2ccc(C=NNc3ccc(C(F)(F)F)cc3)cc2)cc1C. The first-order valence-electron chi connectivity index (χ1n) is 8.63. The Labute approximate surface area is 161 Å². The molecule has 28 heavy (non-hydrogen) atoms. The summed E-state index contributed by atoms with van der Waals surface area (Å²) in [5, 5.41) is 4.04. The van der Waals surface area contributed by atoms with Crippen molar-refractivity contribution in [2.24, 2.45) is 5.10 Å². The molecule has 0 aliphatic heterocycles. The van der Waals surface area contributed by atoms with Crippen LogP contribution in [0.2, 0.25) is 0 Å². The van der Waals surface area contributed by atoms with Gasteiger partial charge in [-0.25, -0.2) is 0 Å². The molecule has 0 saturated heterocycles. The minimum atomic E-state index is -4.34. The number of hydrogen-bond acceptors (Lipinski definition) is 3. The lowest BCUT2D eigenvalue weighted by Gasteiger charge is -2.08. The molecule has 0 aliphatic carbocycles. The molecule has 0 amide bonds. The van der Waals surface area contributed by atoms with E-state index in [-0.39, 0.29) is 0 Å². The molecule has 0 aromatic heterocycles. The van der Waals surface area contributed by atoms with E-state index in [0.29, 0.717) is 11.4 Å². The first-order valence-corrected chi connectivity index (χ1v) is 8.63. The predicted molar refractivity (Wildman–Crippen MR) is 105 cm³/mol. The van der Waals surface area contributed by atoms with Gasteiger partial charge in [0.05, 0.1) is 17.5 Å². The summed E-state index contributed by atoms with van der Waals surface area (Å²) in [6.07, 6.45) is -2.76. The molecule has 0 bridgehead atoms. The van der Waals surface area contributed by atoms with Crippen LogP contribution in [-0.4, -0.2) is 6.21 Å². The number of halogens is 3. The molecule has 0 fully saturated rings. The minimum Gasteiger partial charge on any atom is -0.457 e. The number of hydrogen-bond donors (Lipinski definition) is 1. The quantitative estimate of drug-likeness (QED) is 0.399. The molecular formula is C22H19F3N2O. The summed E-state index contributed by atoms with van der Waals surface area (Å²) in [6.45, 7) is 4.08. The van der Waals surface area contributed by atoms with Gasteiger partial charge in [-0.2, -0.15) is 18.3 Å². The molecule has 0 spiro atoms. The van der Waals surface area contributed by atoms with Crippen molar-refractivity contribution in [1.29, 1.82) is 0 Å². The summed E-state index contributed by atoms with van der Waals surface area (Å²) in [5.41, 5.74) is 5.68. The van der Waals surface area contributed by atoms with Crippen LogP contribution in [0.15, 0.2) is 71.8 Å². The van der Waals surface area contributed by atoms with Crippen molar-refractivity contribution in [2.75, 3.05) is 5.43 Å². The first kappa shape index (κ1) is 19.5. The van der Waals surface area contributed by atoms with Crippen LogP contribution in [0.5, 0.6) is 11.5 Å². The molecule has 3 aromatic carbocycles. The van der Waals surface area contributed by atoms with Crippen molar-refractivity contribution >= 4 is 11.9 Å². The fraction of sp³-hybridized carbons (Fsp3) is 0.136. The second-order valence-electron chi connectivity index (χ2n) is 6.36. The standard InChI is InChI=1S/C22H19F3N2O/c1-15-3-10-21(13-16(15)2)28-20-11-4-17(5-12-20)14-26-27-19-8-6-18(7-9-19)22(23,24)25/h3-14,27H,1-2H3. The fourth-order valence-corrected chi connectivity index (χ4v) is 2.45. The van der Waals surface area contributed by atoms with E-state index in [1.54, 1.807) is 6.21 Å². The van der Waals surface area contributed by atoms with Crippen molar-refractivity contribution in [2.45, 2.75) is 20.0 Å². The van der Waals surface area contributed by atoms with Crippen LogP contribution in [-0.2, 0) is 6.18 Å². The Morgan fingerprint density at radius 2 is 1.46 bits per heavy atom. The topological polar surface area (TPSA) is 33.6 Å². The highest BCUT2D eigenvalue weighted by atomic mass is 19.4. The van der Waals surface area contributed by atoms with Gasteiger partial charge in [-0.3, -0.25) is 5.43 Å². The number of benzene rings is 3. The number of nitrogens with zero attached hydrogens (tertiary/aromatic N) is 1. The zero-order chi connectivity index (χ0) is 20.1. The van der Waals surface area contributed by atoms with E-state index < -0.39 is 11.7 Å². The molecule has 144 valence electrons. The van der Waals surface area contributed by atoms with Crippen LogP contribution in [0.3, 0.4) is 0 Å². The molecule has 0 radical (unpaired) electrons. The molecule has 6 heteroatoms. The van der Waals surface area contributed by atoms with Crippen molar-refractivity contribution in [3.63, 3.8) is 0 Å². The van der Waals surface area contributed by atoms with Gasteiger partial charge in [-0.15, -0.1) is 0 Å². The number of hydrazone groups is 1. The number of aryl methyl sites for hydroxylation is 2. The average molecular weight is 384 g/mol. The highest BCUT2D eigenvalue weighted by molar-refractivity contribution is 5.80. The van der Waals surface area contributed by atoms with Crippen LogP contribution in [0.25, 0.3) is 0 Å². The molecule has 0 unspecified atom stereocenters. The number of anilines is 1. The maximum absolute atomic E-state index is 12.5. The zero-order valence-corrected chi connectivity index (χ0v) is 15.4. The van der Waals surface area contributed by atoms with Gasteiger partial charge in [0.1, 0.15) is 11.5 Å². The molecule has 0 aliphatic rings. The van der Waals surface area contributed by atoms with Gasteiger partial charge >= 0.3 is 6.18 Å². The lowest BCUT2D eigenvalue weighted by atomic mass is 10.1. The summed E-state index contributed by atoms with van der Waals surface area (Å²) in [6, 6.07) is 17.9. The third-order valence-corrected chi connectivity index (χ3v) is 4.21. The van der Waals surface area contributed by atoms with Gasteiger partial charge < -0.3 is 4.74 Å².